The molecule has 0 heterocycles. The first-order chi connectivity index (χ1) is 3.81. The standard InChI is InChI=1S/C4H7N3O/c5-2-1-4(8)7-3-6/h1,3,6H2,(H,7,8). The number of carbonyl (C=O) groups excluding carboxylic acids is 1. The van der Waals surface area contributed by atoms with Gasteiger partial charge in [-0.05, 0) is 0 Å². The number of rotatable bonds is 2. The molecule has 0 fully saturated rings. The molecule has 0 bridgehead atoms. The monoisotopic (exact) mass is 113 g/mol. The van der Waals surface area contributed by atoms with Crippen LogP contribution in [0.2, 0.25) is 0 Å². The first-order valence-electron chi connectivity index (χ1n) is 2.15. The van der Waals surface area contributed by atoms with Gasteiger partial charge in [0.25, 0.3) is 0 Å². The minimum absolute atomic E-state index is 0.0977. The highest BCUT2D eigenvalue weighted by atomic mass is 16.1. The van der Waals surface area contributed by atoms with Crippen LogP contribution in [-0.4, -0.2) is 12.6 Å². The lowest BCUT2D eigenvalue weighted by Crippen LogP contribution is -2.28. The topological polar surface area (TPSA) is 78.9 Å². The molecule has 1 amide bonds. The second-order valence-corrected chi connectivity index (χ2v) is 1.14. The number of nitrogens with two attached hydrogens (primary N) is 1. The Bertz CT molecular complexity index is 115. The van der Waals surface area contributed by atoms with Crippen LogP contribution in [0.1, 0.15) is 6.42 Å². The van der Waals surface area contributed by atoms with Crippen LogP contribution in [0.5, 0.6) is 0 Å². The Morgan fingerprint density at radius 3 is 2.88 bits per heavy atom. The highest BCUT2D eigenvalue weighted by Crippen LogP contribution is 1.70. The number of carbonyl (C=O) groups is 1. The second-order valence-electron chi connectivity index (χ2n) is 1.14. The van der Waals surface area contributed by atoms with E-state index in [1.807, 2.05) is 0 Å². The van der Waals surface area contributed by atoms with Crippen LogP contribution in [0.4, 0.5) is 0 Å². The van der Waals surface area contributed by atoms with E-state index in [-0.39, 0.29) is 19.0 Å². The lowest BCUT2D eigenvalue weighted by atomic mass is 10.4. The first kappa shape index (κ1) is 6.92. The Morgan fingerprint density at radius 1 is 1.88 bits per heavy atom. The Morgan fingerprint density at radius 2 is 2.50 bits per heavy atom. The zero-order chi connectivity index (χ0) is 6.41. The molecule has 44 valence electrons. The van der Waals surface area contributed by atoms with Crippen molar-refractivity contribution in [2.24, 2.45) is 5.73 Å². The smallest absolute Gasteiger partial charge is 0.235 e. The molecule has 0 aromatic carbocycles. The maximum Gasteiger partial charge on any atom is 0.235 e. The highest BCUT2D eigenvalue weighted by Gasteiger charge is 1.93. The minimum atomic E-state index is -0.324. The van der Waals surface area contributed by atoms with Gasteiger partial charge in [-0.3, -0.25) is 4.79 Å². The lowest BCUT2D eigenvalue weighted by Gasteiger charge is -1.92. The fourth-order valence-corrected chi connectivity index (χ4v) is 0.248. The first-order valence-corrected chi connectivity index (χ1v) is 2.15. The average molecular weight is 113 g/mol. The van der Waals surface area contributed by atoms with Crippen LogP contribution in [0.15, 0.2) is 0 Å². The third-order valence-corrected chi connectivity index (χ3v) is 0.539. The second kappa shape index (κ2) is 4.09. The van der Waals surface area contributed by atoms with E-state index >= 15 is 0 Å². The summed E-state index contributed by atoms with van der Waals surface area (Å²) in [5.74, 6) is -0.324. The van der Waals surface area contributed by atoms with E-state index in [4.69, 9.17) is 11.0 Å². The van der Waals surface area contributed by atoms with E-state index in [0.29, 0.717) is 0 Å². The van der Waals surface area contributed by atoms with Crippen LogP contribution in [0.3, 0.4) is 0 Å². The number of amides is 1. The van der Waals surface area contributed by atoms with Gasteiger partial charge in [0.2, 0.25) is 5.91 Å². The van der Waals surface area contributed by atoms with Gasteiger partial charge in [0, 0.05) is 0 Å². The Balaban J connectivity index is 3.23. The van der Waals surface area contributed by atoms with Gasteiger partial charge in [-0.1, -0.05) is 0 Å². The van der Waals surface area contributed by atoms with Gasteiger partial charge in [0.1, 0.15) is 6.42 Å². The molecular weight excluding hydrogens is 106 g/mol. The van der Waals surface area contributed by atoms with Crippen molar-refractivity contribution in [2.45, 2.75) is 6.42 Å². The maximum absolute atomic E-state index is 10.2. The molecule has 0 unspecified atom stereocenters. The summed E-state index contributed by atoms with van der Waals surface area (Å²) in [6.07, 6.45) is -0.114. The highest BCUT2D eigenvalue weighted by molar-refractivity contribution is 5.77. The van der Waals surface area contributed by atoms with Gasteiger partial charge in [-0.25, -0.2) is 0 Å². The molecule has 4 nitrogen and oxygen atoms in total. The van der Waals surface area contributed by atoms with E-state index in [1.165, 1.54) is 0 Å². The van der Waals surface area contributed by atoms with Crippen molar-refractivity contribution < 1.29 is 4.79 Å². The van der Waals surface area contributed by atoms with Crippen LogP contribution >= 0.6 is 0 Å². The third kappa shape index (κ3) is 3.12. The van der Waals surface area contributed by atoms with E-state index in [0.717, 1.165) is 0 Å². The lowest BCUT2D eigenvalue weighted by molar-refractivity contribution is -0.120. The molecule has 0 aliphatic rings. The molecule has 0 atom stereocenters. The summed E-state index contributed by atoms with van der Waals surface area (Å²) in [7, 11) is 0. The minimum Gasteiger partial charge on any atom is -0.343 e. The molecule has 0 rings (SSSR count). The summed E-state index contributed by atoms with van der Waals surface area (Å²) in [5, 5.41) is 10.2. The number of hydrogen-bond donors (Lipinski definition) is 2. The molecule has 4 heteroatoms. The molecule has 0 aliphatic heterocycles. The van der Waals surface area contributed by atoms with Crippen molar-refractivity contribution in [2.75, 3.05) is 6.67 Å². The van der Waals surface area contributed by atoms with Gasteiger partial charge in [-0.15, -0.1) is 0 Å². The predicted molar refractivity (Wildman–Crippen MR) is 27.4 cm³/mol. The molecule has 8 heavy (non-hydrogen) atoms. The fourth-order valence-electron chi connectivity index (χ4n) is 0.248. The Hall–Kier alpha value is -1.08. The van der Waals surface area contributed by atoms with Crippen LogP contribution < -0.4 is 11.1 Å². The zero-order valence-corrected chi connectivity index (χ0v) is 4.35. The van der Waals surface area contributed by atoms with Crippen molar-refractivity contribution in [3.8, 4) is 6.07 Å². The SMILES string of the molecule is N#CCC(=O)NCN. The van der Waals surface area contributed by atoms with Gasteiger partial charge in [0.05, 0.1) is 12.7 Å². The van der Waals surface area contributed by atoms with E-state index < -0.39 is 0 Å². The van der Waals surface area contributed by atoms with Gasteiger partial charge >= 0.3 is 0 Å². The molecule has 0 aromatic rings. The molecule has 0 saturated heterocycles. The Kier molecular flexibility index (Phi) is 3.54. The van der Waals surface area contributed by atoms with Crippen LogP contribution in [-0.2, 0) is 4.79 Å². The number of nitrogens with one attached hydrogen (secondary N) is 1. The molecule has 3 N–H and O–H groups in total. The Labute approximate surface area is 47.3 Å². The summed E-state index contributed by atoms with van der Waals surface area (Å²) < 4.78 is 0. The van der Waals surface area contributed by atoms with E-state index in [2.05, 4.69) is 5.32 Å². The summed E-state index contributed by atoms with van der Waals surface area (Å²) in [4.78, 5) is 10.2. The zero-order valence-electron chi connectivity index (χ0n) is 4.35. The average Bonchev–Trinajstić information content (AvgIpc) is 1.68. The summed E-state index contributed by atoms with van der Waals surface area (Å²) in [6.45, 7) is 0.0977. The van der Waals surface area contributed by atoms with E-state index in [9.17, 15) is 4.79 Å². The summed E-state index contributed by atoms with van der Waals surface area (Å²) >= 11 is 0. The van der Waals surface area contributed by atoms with Gasteiger partial charge in [-0.2, -0.15) is 5.26 Å². The predicted octanol–water partition coefficient (Wildman–Crippen LogP) is -1.07. The van der Waals surface area contributed by atoms with Gasteiger partial charge < -0.3 is 11.1 Å². The van der Waals surface area contributed by atoms with Crippen molar-refractivity contribution >= 4 is 5.91 Å². The molecule has 0 spiro atoms. The summed E-state index contributed by atoms with van der Waals surface area (Å²) in [6, 6.07) is 1.68. The molecule has 0 saturated carbocycles. The van der Waals surface area contributed by atoms with Crippen molar-refractivity contribution in [1.82, 2.24) is 5.32 Å². The fraction of sp³-hybridized carbons (Fsp3) is 0.500. The number of hydrogen-bond acceptors (Lipinski definition) is 3. The molecule has 0 radical (unpaired) electrons. The quantitative estimate of drug-likeness (QED) is 0.447. The third-order valence-electron chi connectivity index (χ3n) is 0.539. The summed E-state index contributed by atoms with van der Waals surface area (Å²) in [5.41, 5.74) is 4.92. The number of nitrogens with zero attached hydrogens (tertiary/aromatic N) is 1. The van der Waals surface area contributed by atoms with Crippen LogP contribution in [0, 0.1) is 11.3 Å². The molecular formula is C4H7N3O. The van der Waals surface area contributed by atoms with Crippen molar-refractivity contribution in [1.29, 1.82) is 5.26 Å². The van der Waals surface area contributed by atoms with Gasteiger partial charge in [0.15, 0.2) is 0 Å². The maximum atomic E-state index is 10.2. The van der Waals surface area contributed by atoms with Crippen LogP contribution in [0.25, 0.3) is 0 Å². The normalized spacial score (nSPS) is 7.50. The largest absolute Gasteiger partial charge is 0.343 e. The van der Waals surface area contributed by atoms with Crippen molar-refractivity contribution in [3.63, 3.8) is 0 Å². The van der Waals surface area contributed by atoms with E-state index in [1.54, 1.807) is 6.07 Å². The number of nitriles is 1. The molecule has 0 aliphatic carbocycles. The molecule has 0 aromatic heterocycles. The van der Waals surface area contributed by atoms with Crippen molar-refractivity contribution in [3.05, 3.63) is 0 Å².